The summed E-state index contributed by atoms with van der Waals surface area (Å²) in [6.07, 6.45) is -1.59. The zero-order valence-electron chi connectivity index (χ0n) is 12.7. The van der Waals surface area contributed by atoms with Gasteiger partial charge in [-0.25, -0.2) is 0 Å². The van der Waals surface area contributed by atoms with Crippen LogP contribution in [0.2, 0.25) is 0 Å². The van der Waals surface area contributed by atoms with Gasteiger partial charge in [-0.15, -0.1) is 0 Å². The minimum atomic E-state index is -4.33. The van der Waals surface area contributed by atoms with E-state index in [1.54, 1.807) is 17.1 Å². The van der Waals surface area contributed by atoms with E-state index >= 15 is 0 Å². The van der Waals surface area contributed by atoms with E-state index < -0.39 is 17.8 Å². The van der Waals surface area contributed by atoms with E-state index in [9.17, 15) is 18.3 Å². The average molecular weight is 312 g/mol. The van der Waals surface area contributed by atoms with Crippen molar-refractivity contribution in [2.75, 3.05) is 0 Å². The molecule has 0 saturated carbocycles. The molecule has 2 rings (SSSR count). The lowest BCUT2D eigenvalue weighted by Crippen LogP contribution is -2.30. The molecule has 0 bridgehead atoms. The van der Waals surface area contributed by atoms with Gasteiger partial charge < -0.3 is 5.11 Å². The fraction of sp³-hybridized carbons (Fsp3) is 0.438. The molecule has 0 fully saturated rings. The fourth-order valence-electron chi connectivity index (χ4n) is 1.92. The van der Waals surface area contributed by atoms with Gasteiger partial charge in [0.15, 0.2) is 0 Å². The highest BCUT2D eigenvalue weighted by Crippen LogP contribution is 2.31. The van der Waals surface area contributed by atoms with Crippen LogP contribution in [0.25, 0.3) is 11.1 Å². The molecule has 1 aromatic carbocycles. The molecule has 0 aliphatic carbocycles. The van der Waals surface area contributed by atoms with Crippen molar-refractivity contribution in [1.82, 2.24) is 9.78 Å². The Morgan fingerprint density at radius 1 is 1.09 bits per heavy atom. The van der Waals surface area contributed by atoms with Crippen LogP contribution in [0, 0.1) is 5.41 Å². The summed E-state index contributed by atoms with van der Waals surface area (Å²) in [6, 6.07) is 4.95. The predicted octanol–water partition coefficient (Wildman–Crippen LogP) is 3.98. The van der Waals surface area contributed by atoms with Gasteiger partial charge in [-0.1, -0.05) is 32.9 Å². The monoisotopic (exact) mass is 312 g/mol. The van der Waals surface area contributed by atoms with E-state index in [1.807, 2.05) is 20.8 Å². The predicted molar refractivity (Wildman–Crippen MR) is 78.1 cm³/mol. The molecule has 1 aromatic heterocycles. The second-order valence-electron chi connectivity index (χ2n) is 6.41. The lowest BCUT2D eigenvalue weighted by molar-refractivity contribution is -0.137. The van der Waals surface area contributed by atoms with Crippen LogP contribution >= 0.6 is 0 Å². The molecule has 0 amide bonds. The van der Waals surface area contributed by atoms with Crippen molar-refractivity contribution >= 4 is 0 Å². The van der Waals surface area contributed by atoms with Crippen LogP contribution in [0.4, 0.5) is 13.2 Å². The summed E-state index contributed by atoms with van der Waals surface area (Å²) in [5.74, 6) is 0. The fourth-order valence-corrected chi connectivity index (χ4v) is 1.92. The first-order valence-corrected chi connectivity index (χ1v) is 6.95. The molecular formula is C16H19F3N2O. The maximum absolute atomic E-state index is 12.5. The van der Waals surface area contributed by atoms with E-state index in [0.29, 0.717) is 12.1 Å². The number of alkyl halides is 3. The van der Waals surface area contributed by atoms with Crippen LogP contribution in [-0.2, 0) is 12.7 Å². The standard InChI is InChI=1S/C16H19F3N2O/c1-15(2,3)14(22)10-21-9-12(8-20-21)11-4-6-13(7-5-11)16(17,18)19/h4-9,14,22H,10H2,1-3H3/t14-/m1/s1. The summed E-state index contributed by atoms with van der Waals surface area (Å²) in [7, 11) is 0. The molecular weight excluding hydrogens is 293 g/mol. The third kappa shape index (κ3) is 3.88. The molecule has 3 nitrogen and oxygen atoms in total. The molecule has 1 heterocycles. The molecule has 0 spiro atoms. The number of halogens is 3. The summed E-state index contributed by atoms with van der Waals surface area (Å²) < 4.78 is 39.2. The first-order valence-electron chi connectivity index (χ1n) is 6.95. The number of aromatic nitrogens is 2. The van der Waals surface area contributed by atoms with Crippen LogP contribution in [0.1, 0.15) is 26.3 Å². The zero-order valence-corrected chi connectivity index (χ0v) is 12.7. The van der Waals surface area contributed by atoms with E-state index in [4.69, 9.17) is 0 Å². The highest BCUT2D eigenvalue weighted by Gasteiger charge is 2.30. The number of hydrogen-bond acceptors (Lipinski definition) is 2. The molecule has 2 aromatic rings. The molecule has 1 atom stereocenters. The smallest absolute Gasteiger partial charge is 0.391 e. The number of nitrogens with zero attached hydrogens (tertiary/aromatic N) is 2. The van der Waals surface area contributed by atoms with Crippen LogP contribution in [0.3, 0.4) is 0 Å². The summed E-state index contributed by atoms with van der Waals surface area (Å²) >= 11 is 0. The van der Waals surface area contributed by atoms with Gasteiger partial charge in [0.05, 0.1) is 24.4 Å². The van der Waals surface area contributed by atoms with Gasteiger partial charge in [0.2, 0.25) is 0 Å². The molecule has 0 unspecified atom stereocenters. The Balaban J connectivity index is 2.15. The highest BCUT2D eigenvalue weighted by molar-refractivity contribution is 5.62. The van der Waals surface area contributed by atoms with E-state index in [2.05, 4.69) is 5.10 Å². The Kier molecular flexibility index (Phi) is 4.33. The third-order valence-electron chi connectivity index (χ3n) is 3.54. The quantitative estimate of drug-likeness (QED) is 0.931. The lowest BCUT2D eigenvalue weighted by Gasteiger charge is -2.25. The van der Waals surface area contributed by atoms with Crippen LogP contribution in [0.5, 0.6) is 0 Å². The lowest BCUT2D eigenvalue weighted by atomic mass is 9.89. The van der Waals surface area contributed by atoms with Crippen LogP contribution < -0.4 is 0 Å². The van der Waals surface area contributed by atoms with Gasteiger partial charge in [-0.2, -0.15) is 18.3 Å². The van der Waals surface area contributed by atoms with Gasteiger partial charge in [-0.3, -0.25) is 4.68 Å². The minimum absolute atomic E-state index is 0.263. The van der Waals surface area contributed by atoms with Crippen LogP contribution in [0.15, 0.2) is 36.7 Å². The van der Waals surface area contributed by atoms with Gasteiger partial charge in [-0.05, 0) is 23.1 Å². The molecule has 22 heavy (non-hydrogen) atoms. The second kappa shape index (κ2) is 5.76. The summed E-state index contributed by atoms with van der Waals surface area (Å²) in [4.78, 5) is 0. The Morgan fingerprint density at radius 3 is 2.18 bits per heavy atom. The highest BCUT2D eigenvalue weighted by atomic mass is 19.4. The van der Waals surface area contributed by atoms with Crippen molar-refractivity contribution < 1.29 is 18.3 Å². The molecule has 0 aliphatic rings. The first kappa shape index (κ1) is 16.5. The van der Waals surface area contributed by atoms with Crippen molar-refractivity contribution in [2.45, 2.75) is 39.6 Å². The number of hydrogen-bond donors (Lipinski definition) is 1. The molecule has 1 N–H and O–H groups in total. The molecule has 120 valence electrons. The SMILES string of the molecule is CC(C)(C)[C@H](O)Cn1cc(-c2ccc(C(F)(F)F)cc2)cn1. The van der Waals surface area contributed by atoms with Crippen molar-refractivity contribution in [3.63, 3.8) is 0 Å². The van der Waals surface area contributed by atoms with Crippen LogP contribution in [-0.4, -0.2) is 21.0 Å². The van der Waals surface area contributed by atoms with E-state index in [-0.39, 0.29) is 5.41 Å². The topological polar surface area (TPSA) is 38.0 Å². The van der Waals surface area contributed by atoms with E-state index in [0.717, 1.165) is 17.7 Å². The number of benzene rings is 1. The van der Waals surface area contributed by atoms with Crippen molar-refractivity contribution in [2.24, 2.45) is 5.41 Å². The Hall–Kier alpha value is -1.82. The maximum Gasteiger partial charge on any atom is 0.416 e. The summed E-state index contributed by atoms with van der Waals surface area (Å²) in [5.41, 5.74) is 0.437. The van der Waals surface area contributed by atoms with Crippen molar-refractivity contribution in [3.8, 4) is 11.1 Å². The second-order valence-corrected chi connectivity index (χ2v) is 6.41. The number of aliphatic hydroxyl groups is 1. The minimum Gasteiger partial charge on any atom is -0.391 e. The van der Waals surface area contributed by atoms with Gasteiger partial charge >= 0.3 is 6.18 Å². The number of rotatable bonds is 3. The molecule has 0 radical (unpaired) electrons. The van der Waals surface area contributed by atoms with Crippen molar-refractivity contribution in [1.29, 1.82) is 0 Å². The molecule has 0 aliphatic heterocycles. The first-order chi connectivity index (χ1) is 10.1. The average Bonchev–Trinajstić information content (AvgIpc) is 2.85. The zero-order chi connectivity index (χ0) is 16.5. The Morgan fingerprint density at radius 2 is 1.68 bits per heavy atom. The largest absolute Gasteiger partial charge is 0.416 e. The Labute approximate surface area is 127 Å². The maximum atomic E-state index is 12.5. The normalized spacial score (nSPS) is 14.1. The molecule has 0 saturated heterocycles. The van der Waals surface area contributed by atoms with Gasteiger partial charge in [0.25, 0.3) is 0 Å². The van der Waals surface area contributed by atoms with Gasteiger partial charge in [0, 0.05) is 11.8 Å². The van der Waals surface area contributed by atoms with Gasteiger partial charge in [0.1, 0.15) is 0 Å². The summed E-state index contributed by atoms with van der Waals surface area (Å²) in [5, 5.41) is 14.2. The molecule has 6 heteroatoms. The summed E-state index contributed by atoms with van der Waals surface area (Å²) in [6.45, 7) is 6.12. The number of aliphatic hydroxyl groups excluding tert-OH is 1. The Bertz CT molecular complexity index is 624. The van der Waals surface area contributed by atoms with E-state index in [1.165, 1.54) is 12.1 Å². The van der Waals surface area contributed by atoms with Crippen molar-refractivity contribution in [3.05, 3.63) is 42.2 Å². The third-order valence-corrected chi connectivity index (χ3v) is 3.54.